The van der Waals surface area contributed by atoms with E-state index in [0.29, 0.717) is 11.7 Å². The fourth-order valence-corrected chi connectivity index (χ4v) is 1.90. The molecular formula is C15H17BrN4O2. The van der Waals surface area contributed by atoms with Crippen LogP contribution in [-0.2, 0) is 4.79 Å². The molecule has 1 aromatic carbocycles. The molecule has 6 nitrogen and oxygen atoms in total. The quantitative estimate of drug-likeness (QED) is 0.797. The second kappa shape index (κ2) is 7.22. The Morgan fingerprint density at radius 2 is 1.95 bits per heavy atom. The first-order valence-electron chi connectivity index (χ1n) is 6.73. The highest BCUT2D eigenvalue weighted by Crippen LogP contribution is 2.21. The van der Waals surface area contributed by atoms with Gasteiger partial charge in [-0.3, -0.25) is 15.6 Å². The maximum Gasteiger partial charge on any atom is 0.279 e. The Bertz CT molecular complexity index is 661. The molecule has 0 unspecified atom stereocenters. The van der Waals surface area contributed by atoms with Crippen molar-refractivity contribution in [3.63, 3.8) is 0 Å². The van der Waals surface area contributed by atoms with E-state index < -0.39 is 6.10 Å². The van der Waals surface area contributed by atoms with Crippen molar-refractivity contribution >= 4 is 27.8 Å². The number of aromatic nitrogens is 2. The van der Waals surface area contributed by atoms with E-state index in [9.17, 15) is 4.79 Å². The molecule has 7 heteroatoms. The summed E-state index contributed by atoms with van der Waals surface area (Å²) in [6.45, 7) is 5.64. The monoisotopic (exact) mass is 364 g/mol. The number of rotatable bonds is 5. The number of ether oxygens (including phenoxy) is 1. The minimum atomic E-state index is -0.650. The number of hydrogen-bond donors (Lipinski definition) is 2. The Morgan fingerprint density at radius 3 is 2.64 bits per heavy atom. The summed E-state index contributed by atoms with van der Waals surface area (Å²) < 4.78 is 6.46. The number of nitrogens with zero attached hydrogens (tertiary/aromatic N) is 2. The van der Waals surface area contributed by atoms with Gasteiger partial charge in [-0.15, -0.1) is 0 Å². The Kier molecular flexibility index (Phi) is 5.32. The SMILES string of the molecule is Cc1cccc(O[C@@H](C)C(=O)NNc2ncc(Br)cn2)c1C. The summed E-state index contributed by atoms with van der Waals surface area (Å²) in [4.78, 5) is 20.0. The molecule has 0 radical (unpaired) electrons. The third kappa shape index (κ3) is 4.17. The van der Waals surface area contributed by atoms with E-state index in [1.807, 2.05) is 32.0 Å². The summed E-state index contributed by atoms with van der Waals surface area (Å²) in [7, 11) is 0. The summed E-state index contributed by atoms with van der Waals surface area (Å²) in [5.74, 6) is 0.686. The zero-order valence-corrected chi connectivity index (χ0v) is 14.1. The first-order valence-corrected chi connectivity index (χ1v) is 7.53. The highest BCUT2D eigenvalue weighted by atomic mass is 79.9. The molecule has 2 N–H and O–H groups in total. The van der Waals surface area contributed by atoms with Crippen molar-refractivity contribution < 1.29 is 9.53 Å². The van der Waals surface area contributed by atoms with Crippen molar-refractivity contribution in [2.45, 2.75) is 26.9 Å². The number of carbonyl (C=O) groups is 1. The molecule has 1 amide bonds. The van der Waals surface area contributed by atoms with Crippen LogP contribution in [-0.4, -0.2) is 22.0 Å². The predicted molar refractivity (Wildman–Crippen MR) is 87.5 cm³/mol. The number of anilines is 1. The molecule has 1 aromatic heterocycles. The Balaban J connectivity index is 1.92. The molecule has 0 bridgehead atoms. The Labute approximate surface area is 137 Å². The summed E-state index contributed by atoms with van der Waals surface area (Å²) in [6, 6.07) is 5.74. The standard InChI is InChI=1S/C15H17BrN4O2/c1-9-5-4-6-13(10(9)2)22-11(3)14(21)19-20-15-17-7-12(16)8-18-15/h4-8,11H,1-3H3,(H,19,21)(H,17,18,20)/t11-/m0/s1. The van der Waals surface area contributed by atoms with E-state index in [-0.39, 0.29) is 5.91 Å². The number of benzene rings is 1. The number of hydrogen-bond acceptors (Lipinski definition) is 5. The normalized spacial score (nSPS) is 11.6. The molecule has 1 heterocycles. The average Bonchev–Trinajstić information content (AvgIpc) is 2.51. The van der Waals surface area contributed by atoms with Crippen molar-refractivity contribution in [3.8, 4) is 5.75 Å². The largest absolute Gasteiger partial charge is 0.481 e. The minimum absolute atomic E-state index is 0.301. The van der Waals surface area contributed by atoms with Gasteiger partial charge in [0.1, 0.15) is 5.75 Å². The van der Waals surface area contributed by atoms with E-state index >= 15 is 0 Å². The number of aryl methyl sites for hydroxylation is 1. The molecule has 116 valence electrons. The lowest BCUT2D eigenvalue weighted by atomic mass is 10.1. The fourth-order valence-electron chi connectivity index (χ4n) is 1.69. The van der Waals surface area contributed by atoms with Crippen LogP contribution in [0.2, 0.25) is 0 Å². The second-order valence-corrected chi connectivity index (χ2v) is 5.71. The van der Waals surface area contributed by atoms with Crippen LogP contribution < -0.4 is 15.6 Å². The van der Waals surface area contributed by atoms with E-state index in [1.165, 1.54) is 0 Å². The summed E-state index contributed by atoms with van der Waals surface area (Å²) >= 11 is 3.24. The van der Waals surface area contributed by atoms with Gasteiger partial charge in [0.15, 0.2) is 6.10 Å². The van der Waals surface area contributed by atoms with Crippen molar-refractivity contribution in [2.24, 2.45) is 0 Å². The smallest absolute Gasteiger partial charge is 0.279 e. The molecule has 0 saturated carbocycles. The van der Waals surface area contributed by atoms with Crippen LogP contribution in [0.15, 0.2) is 35.1 Å². The Hall–Kier alpha value is -2.15. The second-order valence-electron chi connectivity index (χ2n) is 4.80. The zero-order valence-electron chi connectivity index (χ0n) is 12.6. The summed E-state index contributed by atoms with van der Waals surface area (Å²) in [5, 5.41) is 0. The lowest BCUT2D eigenvalue weighted by Crippen LogP contribution is -2.40. The number of hydrazine groups is 1. The summed E-state index contributed by atoms with van der Waals surface area (Å²) in [6.07, 6.45) is 2.51. The van der Waals surface area contributed by atoms with Crippen LogP contribution in [0.5, 0.6) is 5.75 Å². The van der Waals surface area contributed by atoms with Gasteiger partial charge < -0.3 is 4.74 Å². The first kappa shape index (κ1) is 16.2. The van der Waals surface area contributed by atoms with Crippen LogP contribution in [0.3, 0.4) is 0 Å². The summed E-state index contributed by atoms with van der Waals surface area (Å²) in [5.41, 5.74) is 7.30. The zero-order chi connectivity index (χ0) is 16.1. The number of carbonyl (C=O) groups excluding carboxylic acids is 1. The number of amides is 1. The van der Waals surface area contributed by atoms with Crippen LogP contribution in [0.4, 0.5) is 5.95 Å². The fraction of sp³-hybridized carbons (Fsp3) is 0.267. The average molecular weight is 365 g/mol. The van der Waals surface area contributed by atoms with Gasteiger partial charge in [-0.25, -0.2) is 9.97 Å². The number of nitrogens with one attached hydrogen (secondary N) is 2. The number of halogens is 1. The predicted octanol–water partition coefficient (Wildman–Crippen LogP) is 2.77. The molecule has 22 heavy (non-hydrogen) atoms. The molecule has 0 saturated heterocycles. The highest BCUT2D eigenvalue weighted by molar-refractivity contribution is 9.10. The maximum atomic E-state index is 12.0. The van der Waals surface area contributed by atoms with Gasteiger partial charge in [-0.2, -0.15) is 0 Å². The molecule has 2 aromatic rings. The topological polar surface area (TPSA) is 76.1 Å². The van der Waals surface area contributed by atoms with Crippen LogP contribution in [0, 0.1) is 13.8 Å². The van der Waals surface area contributed by atoms with Crippen molar-refractivity contribution in [2.75, 3.05) is 5.43 Å². The lowest BCUT2D eigenvalue weighted by molar-refractivity contribution is -0.126. The Morgan fingerprint density at radius 1 is 1.27 bits per heavy atom. The molecule has 0 fully saturated rings. The van der Waals surface area contributed by atoms with Crippen LogP contribution in [0.25, 0.3) is 0 Å². The van der Waals surface area contributed by atoms with Gasteiger partial charge in [0.25, 0.3) is 5.91 Å². The minimum Gasteiger partial charge on any atom is -0.481 e. The van der Waals surface area contributed by atoms with Crippen molar-refractivity contribution in [1.29, 1.82) is 0 Å². The first-order chi connectivity index (χ1) is 10.5. The highest BCUT2D eigenvalue weighted by Gasteiger charge is 2.16. The van der Waals surface area contributed by atoms with Gasteiger partial charge in [0.05, 0.1) is 4.47 Å². The van der Waals surface area contributed by atoms with Crippen molar-refractivity contribution in [3.05, 3.63) is 46.2 Å². The maximum absolute atomic E-state index is 12.0. The van der Waals surface area contributed by atoms with Gasteiger partial charge in [0, 0.05) is 12.4 Å². The molecule has 0 aliphatic carbocycles. The van der Waals surface area contributed by atoms with Crippen LogP contribution in [0.1, 0.15) is 18.1 Å². The molecule has 0 spiro atoms. The molecule has 2 rings (SSSR count). The van der Waals surface area contributed by atoms with E-state index in [4.69, 9.17) is 4.74 Å². The van der Waals surface area contributed by atoms with Gasteiger partial charge in [-0.1, -0.05) is 12.1 Å². The molecule has 0 aliphatic rings. The molecule has 0 aliphatic heterocycles. The van der Waals surface area contributed by atoms with Gasteiger partial charge >= 0.3 is 0 Å². The van der Waals surface area contributed by atoms with E-state index in [2.05, 4.69) is 36.7 Å². The lowest BCUT2D eigenvalue weighted by Gasteiger charge is -2.17. The van der Waals surface area contributed by atoms with Gasteiger partial charge in [0.2, 0.25) is 5.95 Å². The third-order valence-electron chi connectivity index (χ3n) is 3.15. The van der Waals surface area contributed by atoms with Gasteiger partial charge in [-0.05, 0) is 53.9 Å². The van der Waals surface area contributed by atoms with E-state index in [1.54, 1.807) is 19.3 Å². The third-order valence-corrected chi connectivity index (χ3v) is 3.56. The van der Waals surface area contributed by atoms with E-state index in [0.717, 1.165) is 15.6 Å². The van der Waals surface area contributed by atoms with Crippen molar-refractivity contribution in [1.82, 2.24) is 15.4 Å². The van der Waals surface area contributed by atoms with Crippen LogP contribution >= 0.6 is 15.9 Å². The molecule has 1 atom stereocenters. The molecular weight excluding hydrogens is 348 g/mol.